The number of likely N-dealkylation sites (N-methyl/N-ethyl adjacent to an activating group) is 1. The number of benzene rings is 2. The average Bonchev–Trinajstić information content (AvgIpc) is 3.08. The van der Waals surface area contributed by atoms with Gasteiger partial charge in [-0.05, 0) is 54.8 Å². The molecule has 1 aromatic heterocycles. The second kappa shape index (κ2) is 8.74. The number of hydrogen-bond donors (Lipinski definition) is 3. The van der Waals surface area contributed by atoms with Gasteiger partial charge in [-0.1, -0.05) is 47.6 Å². The molecule has 3 N–H and O–H groups in total. The Hall–Kier alpha value is -2.42. The number of H-pyrrole nitrogens is 1. The van der Waals surface area contributed by atoms with Gasteiger partial charge in [0.05, 0.1) is 21.5 Å². The van der Waals surface area contributed by atoms with Gasteiger partial charge in [0.25, 0.3) is 0 Å². The first-order valence-electron chi connectivity index (χ1n) is 11.1. The second-order valence-corrected chi connectivity index (χ2v) is 12.7. The number of fused-ring (bicyclic) bond motifs is 1. The van der Waals surface area contributed by atoms with E-state index in [9.17, 15) is 13.5 Å². The van der Waals surface area contributed by atoms with Crippen LogP contribution in [0.4, 0.5) is 0 Å². The van der Waals surface area contributed by atoms with Crippen molar-refractivity contribution in [3.8, 4) is 17.1 Å². The van der Waals surface area contributed by atoms with Crippen molar-refractivity contribution in [3.05, 3.63) is 41.5 Å². The lowest BCUT2D eigenvalue weighted by molar-refractivity contribution is 0.412. The van der Waals surface area contributed by atoms with Gasteiger partial charge in [0.1, 0.15) is 11.6 Å². The molecule has 1 heterocycles. The number of aromatic amines is 1. The van der Waals surface area contributed by atoms with E-state index in [1.54, 1.807) is 18.2 Å². The summed E-state index contributed by atoms with van der Waals surface area (Å²) in [5.74, 6) is 0.696. The Morgan fingerprint density at radius 1 is 1.03 bits per heavy atom. The highest BCUT2D eigenvalue weighted by molar-refractivity contribution is 7.89. The Balaban J connectivity index is 2.08. The molecule has 0 aliphatic heterocycles. The quantitative estimate of drug-likeness (QED) is 0.495. The Kier molecular flexibility index (Phi) is 6.68. The molecule has 0 saturated heterocycles. The van der Waals surface area contributed by atoms with Gasteiger partial charge in [0.2, 0.25) is 10.0 Å². The number of sulfonamides is 1. The maximum Gasteiger partial charge on any atom is 0.240 e. The third-order valence-corrected chi connectivity index (χ3v) is 7.11. The Labute approximate surface area is 197 Å². The molecule has 180 valence electrons. The van der Waals surface area contributed by atoms with Crippen LogP contribution in [-0.2, 0) is 20.9 Å². The van der Waals surface area contributed by atoms with E-state index in [4.69, 9.17) is 0 Å². The van der Waals surface area contributed by atoms with Crippen LogP contribution in [0.5, 0.6) is 5.75 Å². The molecule has 3 aromatic rings. The molecule has 0 atom stereocenters. The van der Waals surface area contributed by atoms with Gasteiger partial charge < -0.3 is 15.0 Å². The number of hydrogen-bond acceptors (Lipinski definition) is 5. The molecule has 2 aromatic carbocycles. The summed E-state index contributed by atoms with van der Waals surface area (Å²) in [4.78, 5) is 9.97. The van der Waals surface area contributed by atoms with Crippen LogP contribution in [0, 0.1) is 0 Å². The van der Waals surface area contributed by atoms with E-state index in [0.717, 1.165) is 11.1 Å². The summed E-state index contributed by atoms with van der Waals surface area (Å²) in [5, 5.41) is 11.1. The number of nitrogens with one attached hydrogen (secondary N) is 2. The standard InChI is InChI=1S/C25H36N4O3S/c1-24(2,3)16-13-18(22(30)19(14-16)25(4,5)6)23-27-20-10-9-17(15-21(20)28-23)33(31,32)26-11-12-29(7)8/h9-10,13-15,26,30H,11-12H2,1-8H3,(H,27,28). The summed E-state index contributed by atoms with van der Waals surface area (Å²) in [6.45, 7) is 13.5. The van der Waals surface area contributed by atoms with Crippen molar-refractivity contribution < 1.29 is 13.5 Å². The molecular weight excluding hydrogens is 436 g/mol. The molecule has 0 aliphatic carbocycles. The zero-order chi connectivity index (χ0) is 24.8. The molecule has 7 nitrogen and oxygen atoms in total. The Morgan fingerprint density at radius 2 is 1.70 bits per heavy atom. The van der Waals surface area contributed by atoms with Gasteiger partial charge in [0.15, 0.2) is 0 Å². The monoisotopic (exact) mass is 472 g/mol. The highest BCUT2D eigenvalue weighted by atomic mass is 32.2. The summed E-state index contributed by atoms with van der Waals surface area (Å²) >= 11 is 0. The minimum Gasteiger partial charge on any atom is -0.507 e. The predicted octanol–water partition coefficient (Wildman–Crippen LogP) is 4.37. The summed E-state index contributed by atoms with van der Waals surface area (Å²) in [6.07, 6.45) is 0. The number of imidazole rings is 1. The molecule has 0 amide bonds. The molecular formula is C25H36N4O3S. The highest BCUT2D eigenvalue weighted by Crippen LogP contribution is 2.41. The van der Waals surface area contributed by atoms with Gasteiger partial charge in [0, 0.05) is 18.7 Å². The third-order valence-electron chi connectivity index (χ3n) is 5.65. The smallest absolute Gasteiger partial charge is 0.240 e. The van der Waals surface area contributed by atoms with Crippen molar-refractivity contribution in [1.29, 1.82) is 0 Å². The van der Waals surface area contributed by atoms with Crippen molar-refractivity contribution in [1.82, 2.24) is 19.6 Å². The van der Waals surface area contributed by atoms with Crippen molar-refractivity contribution in [2.75, 3.05) is 27.2 Å². The van der Waals surface area contributed by atoms with Crippen LogP contribution < -0.4 is 4.72 Å². The van der Waals surface area contributed by atoms with E-state index in [0.29, 0.717) is 35.5 Å². The number of aromatic nitrogens is 2. The van der Waals surface area contributed by atoms with Crippen molar-refractivity contribution >= 4 is 21.1 Å². The van der Waals surface area contributed by atoms with Crippen molar-refractivity contribution in [2.45, 2.75) is 57.3 Å². The van der Waals surface area contributed by atoms with E-state index in [1.165, 1.54) is 0 Å². The molecule has 0 fully saturated rings. The van der Waals surface area contributed by atoms with Gasteiger partial charge >= 0.3 is 0 Å². The fraction of sp³-hybridized carbons (Fsp3) is 0.480. The first-order valence-corrected chi connectivity index (χ1v) is 12.6. The largest absolute Gasteiger partial charge is 0.507 e. The lowest BCUT2D eigenvalue weighted by atomic mass is 9.79. The molecule has 3 rings (SSSR count). The van der Waals surface area contributed by atoms with Crippen molar-refractivity contribution in [3.63, 3.8) is 0 Å². The van der Waals surface area contributed by atoms with Crippen molar-refractivity contribution in [2.24, 2.45) is 0 Å². The zero-order valence-corrected chi connectivity index (χ0v) is 21.7. The summed E-state index contributed by atoms with van der Waals surface area (Å²) in [5.41, 5.74) is 3.40. The predicted molar refractivity (Wildman–Crippen MR) is 134 cm³/mol. The van der Waals surface area contributed by atoms with Crippen LogP contribution in [0.15, 0.2) is 35.2 Å². The van der Waals surface area contributed by atoms with Crippen LogP contribution in [0.1, 0.15) is 52.7 Å². The SMILES string of the molecule is CN(C)CCNS(=O)(=O)c1ccc2nc(-c3cc(C(C)(C)C)cc(C(C)(C)C)c3O)[nH]c2c1. The topological polar surface area (TPSA) is 98.3 Å². The average molecular weight is 473 g/mol. The van der Waals surface area contributed by atoms with E-state index in [2.05, 4.69) is 62.3 Å². The third kappa shape index (κ3) is 5.57. The van der Waals surface area contributed by atoms with E-state index in [1.807, 2.05) is 25.1 Å². The van der Waals surface area contributed by atoms with Gasteiger partial charge in [-0.2, -0.15) is 0 Å². The van der Waals surface area contributed by atoms with E-state index >= 15 is 0 Å². The molecule has 0 bridgehead atoms. The first kappa shape index (κ1) is 25.2. The molecule has 8 heteroatoms. The molecule has 33 heavy (non-hydrogen) atoms. The minimum absolute atomic E-state index is 0.117. The summed E-state index contributed by atoms with van der Waals surface area (Å²) < 4.78 is 28.0. The van der Waals surface area contributed by atoms with Crippen LogP contribution >= 0.6 is 0 Å². The van der Waals surface area contributed by atoms with E-state index in [-0.39, 0.29) is 21.5 Å². The molecule has 0 unspecified atom stereocenters. The van der Waals surface area contributed by atoms with Gasteiger partial charge in [-0.15, -0.1) is 0 Å². The zero-order valence-electron chi connectivity index (χ0n) is 20.9. The summed E-state index contributed by atoms with van der Waals surface area (Å²) in [6, 6.07) is 8.84. The van der Waals surface area contributed by atoms with Gasteiger partial charge in [-0.25, -0.2) is 18.1 Å². The van der Waals surface area contributed by atoms with Gasteiger partial charge in [-0.3, -0.25) is 0 Å². The fourth-order valence-electron chi connectivity index (χ4n) is 3.59. The second-order valence-electron chi connectivity index (χ2n) is 10.9. The number of aromatic hydroxyl groups is 1. The number of phenolic OH excluding ortho intramolecular Hbond substituents is 1. The lowest BCUT2D eigenvalue weighted by Gasteiger charge is -2.27. The molecule has 0 aliphatic rings. The highest BCUT2D eigenvalue weighted by Gasteiger charge is 2.26. The minimum atomic E-state index is -3.64. The van der Waals surface area contributed by atoms with E-state index < -0.39 is 10.0 Å². The fourth-order valence-corrected chi connectivity index (χ4v) is 4.64. The Bertz CT molecular complexity index is 1260. The first-order chi connectivity index (χ1) is 15.1. The lowest BCUT2D eigenvalue weighted by Crippen LogP contribution is -2.31. The number of phenols is 1. The molecule has 0 spiro atoms. The van der Waals surface area contributed by atoms with Crippen LogP contribution in [-0.4, -0.2) is 55.6 Å². The Morgan fingerprint density at radius 3 is 2.27 bits per heavy atom. The molecule has 0 radical (unpaired) electrons. The maximum atomic E-state index is 12.7. The van der Waals surface area contributed by atoms with Crippen LogP contribution in [0.2, 0.25) is 0 Å². The summed E-state index contributed by atoms with van der Waals surface area (Å²) in [7, 11) is 0.144. The maximum absolute atomic E-state index is 12.7. The van der Waals surface area contributed by atoms with Crippen LogP contribution in [0.3, 0.4) is 0 Å². The number of nitrogens with zero attached hydrogens (tertiary/aromatic N) is 2. The number of rotatable bonds is 6. The normalized spacial score (nSPS) is 13.2. The molecule has 0 saturated carbocycles. The van der Waals surface area contributed by atoms with Crippen LogP contribution in [0.25, 0.3) is 22.4 Å².